The van der Waals surface area contributed by atoms with E-state index in [1.54, 1.807) is 0 Å². The fraction of sp³-hybridized carbons (Fsp3) is 0.571. The van der Waals surface area contributed by atoms with E-state index in [1.807, 2.05) is 25.2 Å². The van der Waals surface area contributed by atoms with Crippen LogP contribution in [0, 0.1) is 0 Å². The molecule has 5 heteroatoms. The highest BCUT2D eigenvalue weighted by Gasteiger charge is 2.33. The van der Waals surface area contributed by atoms with Crippen molar-refractivity contribution in [2.45, 2.75) is 24.9 Å². The van der Waals surface area contributed by atoms with Crippen molar-refractivity contribution in [3.8, 4) is 0 Å². The fourth-order valence-corrected chi connectivity index (χ4v) is 4.46. The maximum atomic E-state index is 11.6. The average molecular weight is 282 g/mol. The van der Waals surface area contributed by atoms with Crippen LogP contribution in [-0.4, -0.2) is 50.5 Å². The highest BCUT2D eigenvalue weighted by atomic mass is 32.2. The Morgan fingerprint density at radius 2 is 2.05 bits per heavy atom. The van der Waals surface area contributed by atoms with Gasteiger partial charge >= 0.3 is 0 Å². The van der Waals surface area contributed by atoms with Crippen LogP contribution in [-0.2, 0) is 16.3 Å². The lowest BCUT2D eigenvalue weighted by Gasteiger charge is -2.31. The van der Waals surface area contributed by atoms with Gasteiger partial charge in [-0.05, 0) is 25.5 Å². The summed E-state index contributed by atoms with van der Waals surface area (Å²) in [6.07, 6.45) is 1.59. The molecule has 2 unspecified atom stereocenters. The number of hydrogen-bond acceptors (Lipinski definition) is 4. The molecule has 1 aliphatic rings. The maximum absolute atomic E-state index is 11.6. The average Bonchev–Trinajstić information content (AvgIpc) is 2.77. The van der Waals surface area contributed by atoms with Gasteiger partial charge in [0.15, 0.2) is 9.84 Å². The highest BCUT2D eigenvalue weighted by Crippen LogP contribution is 2.19. The first-order valence-corrected chi connectivity index (χ1v) is 8.50. The molecule has 1 saturated heterocycles. The van der Waals surface area contributed by atoms with Crippen molar-refractivity contribution >= 4 is 9.84 Å². The molecule has 1 aromatic rings. The highest BCUT2D eigenvalue weighted by molar-refractivity contribution is 7.91. The molecule has 2 rings (SSSR count). The molecule has 0 spiro atoms. The number of likely N-dealkylation sites (N-methyl/N-ethyl adjacent to an activating group) is 1. The van der Waals surface area contributed by atoms with Gasteiger partial charge < -0.3 is 5.73 Å². The van der Waals surface area contributed by atoms with Crippen molar-refractivity contribution in [1.82, 2.24) is 4.90 Å². The van der Waals surface area contributed by atoms with Crippen LogP contribution in [0.4, 0.5) is 0 Å². The van der Waals surface area contributed by atoms with E-state index in [0.717, 1.165) is 12.8 Å². The number of nitrogens with two attached hydrogens (primary N) is 1. The predicted molar refractivity (Wildman–Crippen MR) is 77.8 cm³/mol. The molecule has 2 N–H and O–H groups in total. The Bertz CT molecular complexity index is 501. The van der Waals surface area contributed by atoms with E-state index in [9.17, 15) is 8.42 Å². The van der Waals surface area contributed by atoms with Gasteiger partial charge in [0.05, 0.1) is 11.5 Å². The zero-order valence-corrected chi connectivity index (χ0v) is 12.1. The maximum Gasteiger partial charge on any atom is 0.151 e. The normalized spacial score (nSPS) is 23.6. The van der Waals surface area contributed by atoms with E-state index >= 15 is 0 Å². The molecule has 0 saturated carbocycles. The third kappa shape index (κ3) is 3.78. The zero-order valence-electron chi connectivity index (χ0n) is 11.3. The summed E-state index contributed by atoms with van der Waals surface area (Å²) in [6, 6.07) is 10.5. The van der Waals surface area contributed by atoms with E-state index in [-0.39, 0.29) is 17.8 Å². The molecule has 1 aliphatic heterocycles. The first kappa shape index (κ1) is 14.5. The molecule has 19 heavy (non-hydrogen) atoms. The second-order valence-corrected chi connectivity index (χ2v) is 7.53. The molecular weight excluding hydrogens is 260 g/mol. The quantitative estimate of drug-likeness (QED) is 0.862. The summed E-state index contributed by atoms with van der Waals surface area (Å²) in [7, 11) is -0.846. The summed E-state index contributed by atoms with van der Waals surface area (Å²) < 4.78 is 23.1. The van der Waals surface area contributed by atoms with Crippen LogP contribution < -0.4 is 5.73 Å². The Morgan fingerprint density at radius 1 is 1.37 bits per heavy atom. The topological polar surface area (TPSA) is 63.4 Å². The van der Waals surface area contributed by atoms with Crippen LogP contribution in [0.5, 0.6) is 0 Å². The van der Waals surface area contributed by atoms with E-state index in [0.29, 0.717) is 12.3 Å². The first-order valence-electron chi connectivity index (χ1n) is 6.68. The van der Waals surface area contributed by atoms with Crippen LogP contribution in [0.2, 0.25) is 0 Å². The monoisotopic (exact) mass is 282 g/mol. The Labute approximate surface area is 115 Å². The van der Waals surface area contributed by atoms with Crippen molar-refractivity contribution in [2.24, 2.45) is 5.73 Å². The van der Waals surface area contributed by atoms with Gasteiger partial charge in [-0.3, -0.25) is 4.90 Å². The SMILES string of the molecule is CN(C(CN)Cc1ccccc1)C1CCS(=O)(=O)C1. The van der Waals surface area contributed by atoms with Crippen molar-refractivity contribution in [3.05, 3.63) is 35.9 Å². The Hall–Kier alpha value is -0.910. The van der Waals surface area contributed by atoms with Crippen molar-refractivity contribution in [2.75, 3.05) is 25.1 Å². The van der Waals surface area contributed by atoms with Crippen molar-refractivity contribution in [1.29, 1.82) is 0 Å². The van der Waals surface area contributed by atoms with Gasteiger partial charge in [0.2, 0.25) is 0 Å². The second kappa shape index (κ2) is 6.03. The van der Waals surface area contributed by atoms with Crippen LogP contribution in [0.1, 0.15) is 12.0 Å². The molecule has 1 fully saturated rings. The lowest BCUT2D eigenvalue weighted by molar-refractivity contribution is 0.190. The van der Waals surface area contributed by atoms with Crippen LogP contribution in [0.25, 0.3) is 0 Å². The standard InChI is InChI=1S/C14H22N2O2S/c1-16(13-7-8-19(17,18)11-13)14(10-15)9-12-5-3-2-4-6-12/h2-6,13-14H,7-11,15H2,1H3. The van der Waals surface area contributed by atoms with E-state index < -0.39 is 9.84 Å². The molecule has 1 heterocycles. The van der Waals surface area contributed by atoms with Gasteiger partial charge in [-0.2, -0.15) is 0 Å². The van der Waals surface area contributed by atoms with E-state index in [1.165, 1.54) is 5.56 Å². The lowest BCUT2D eigenvalue weighted by Crippen LogP contribution is -2.46. The molecule has 0 amide bonds. The molecule has 2 atom stereocenters. The third-order valence-corrected chi connectivity index (χ3v) is 5.70. The fourth-order valence-electron chi connectivity index (χ4n) is 2.67. The zero-order chi connectivity index (χ0) is 13.9. The Kier molecular flexibility index (Phi) is 4.60. The number of rotatable bonds is 5. The summed E-state index contributed by atoms with van der Waals surface area (Å²) in [4.78, 5) is 2.15. The predicted octanol–water partition coefficient (Wildman–Crippen LogP) is 0.675. The third-order valence-electron chi connectivity index (χ3n) is 3.95. The van der Waals surface area contributed by atoms with Gasteiger partial charge in [-0.1, -0.05) is 30.3 Å². The summed E-state index contributed by atoms with van der Waals surface area (Å²) >= 11 is 0. The van der Waals surface area contributed by atoms with Crippen LogP contribution in [0.15, 0.2) is 30.3 Å². The van der Waals surface area contributed by atoms with Crippen molar-refractivity contribution in [3.63, 3.8) is 0 Å². The van der Waals surface area contributed by atoms with Crippen LogP contribution in [0.3, 0.4) is 0 Å². The van der Waals surface area contributed by atoms with Crippen LogP contribution >= 0.6 is 0 Å². The minimum absolute atomic E-state index is 0.113. The first-order chi connectivity index (χ1) is 9.02. The number of benzene rings is 1. The van der Waals surface area contributed by atoms with E-state index in [2.05, 4.69) is 17.0 Å². The Morgan fingerprint density at radius 3 is 2.58 bits per heavy atom. The molecule has 0 aliphatic carbocycles. The van der Waals surface area contributed by atoms with Gasteiger partial charge in [0.25, 0.3) is 0 Å². The largest absolute Gasteiger partial charge is 0.329 e. The van der Waals surface area contributed by atoms with Gasteiger partial charge in [0.1, 0.15) is 0 Å². The molecule has 0 bridgehead atoms. The van der Waals surface area contributed by atoms with Crippen molar-refractivity contribution < 1.29 is 8.42 Å². The molecular formula is C14H22N2O2S. The molecule has 106 valence electrons. The summed E-state index contributed by atoms with van der Waals surface area (Å²) in [5, 5.41) is 0. The molecule has 0 aromatic heterocycles. The number of hydrogen-bond donors (Lipinski definition) is 1. The molecule has 0 radical (unpaired) electrons. The second-order valence-electron chi connectivity index (χ2n) is 5.30. The minimum atomic E-state index is -2.84. The van der Waals surface area contributed by atoms with Gasteiger partial charge in [0, 0.05) is 18.6 Å². The summed E-state index contributed by atoms with van der Waals surface area (Å²) in [5.74, 6) is 0.583. The summed E-state index contributed by atoms with van der Waals surface area (Å²) in [6.45, 7) is 0.544. The van der Waals surface area contributed by atoms with Gasteiger partial charge in [-0.25, -0.2) is 8.42 Å². The van der Waals surface area contributed by atoms with E-state index in [4.69, 9.17) is 5.73 Å². The number of sulfone groups is 1. The molecule has 4 nitrogen and oxygen atoms in total. The smallest absolute Gasteiger partial charge is 0.151 e. The number of nitrogens with zero attached hydrogens (tertiary/aromatic N) is 1. The Balaban J connectivity index is 2.01. The molecule has 1 aromatic carbocycles. The minimum Gasteiger partial charge on any atom is -0.329 e. The van der Waals surface area contributed by atoms with Gasteiger partial charge in [-0.15, -0.1) is 0 Å². The lowest BCUT2D eigenvalue weighted by atomic mass is 10.0. The summed E-state index contributed by atoms with van der Waals surface area (Å²) in [5.41, 5.74) is 7.11.